The summed E-state index contributed by atoms with van der Waals surface area (Å²) in [5.41, 5.74) is 0. The Hall–Kier alpha value is -1.71. The molecule has 0 aromatic heterocycles. The van der Waals surface area contributed by atoms with E-state index in [-0.39, 0.29) is 12.0 Å². The summed E-state index contributed by atoms with van der Waals surface area (Å²) in [6.07, 6.45) is 1.96. The predicted molar refractivity (Wildman–Crippen MR) is 68.9 cm³/mol. The van der Waals surface area contributed by atoms with E-state index in [1.807, 2.05) is 29.2 Å². The van der Waals surface area contributed by atoms with Gasteiger partial charge in [-0.3, -0.25) is 4.79 Å². The largest absolute Gasteiger partial charge is 0.497 e. The SMILES string of the molecule is COc1cccc(OC2CCN(C(C)=O)CC2)c1. The van der Waals surface area contributed by atoms with Gasteiger partial charge in [0, 0.05) is 38.9 Å². The van der Waals surface area contributed by atoms with Crippen LogP contribution >= 0.6 is 0 Å². The Morgan fingerprint density at radius 3 is 2.56 bits per heavy atom. The van der Waals surface area contributed by atoms with Crippen molar-refractivity contribution in [2.75, 3.05) is 20.2 Å². The van der Waals surface area contributed by atoms with Gasteiger partial charge in [-0.1, -0.05) is 6.07 Å². The lowest BCUT2D eigenvalue weighted by molar-refractivity contribution is -0.130. The predicted octanol–water partition coefficient (Wildman–Crippen LogP) is 2.08. The van der Waals surface area contributed by atoms with Crippen LogP contribution in [0.2, 0.25) is 0 Å². The smallest absolute Gasteiger partial charge is 0.219 e. The van der Waals surface area contributed by atoms with E-state index >= 15 is 0 Å². The van der Waals surface area contributed by atoms with Gasteiger partial charge in [-0.15, -0.1) is 0 Å². The highest BCUT2D eigenvalue weighted by Crippen LogP contribution is 2.23. The van der Waals surface area contributed by atoms with Crippen molar-refractivity contribution in [3.8, 4) is 11.5 Å². The number of benzene rings is 1. The molecule has 2 rings (SSSR count). The highest BCUT2D eigenvalue weighted by atomic mass is 16.5. The topological polar surface area (TPSA) is 38.8 Å². The van der Waals surface area contributed by atoms with Gasteiger partial charge in [0.25, 0.3) is 0 Å². The minimum atomic E-state index is 0.148. The van der Waals surface area contributed by atoms with Crippen LogP contribution in [-0.2, 0) is 4.79 Å². The van der Waals surface area contributed by atoms with Gasteiger partial charge in [0.1, 0.15) is 17.6 Å². The molecule has 1 aromatic rings. The number of carbonyl (C=O) groups excluding carboxylic acids is 1. The molecule has 0 spiro atoms. The number of methoxy groups -OCH3 is 1. The zero-order valence-electron chi connectivity index (χ0n) is 10.9. The molecule has 1 aliphatic rings. The molecule has 4 nitrogen and oxygen atoms in total. The maximum atomic E-state index is 11.2. The average molecular weight is 249 g/mol. The molecule has 0 bridgehead atoms. The maximum Gasteiger partial charge on any atom is 0.219 e. The highest BCUT2D eigenvalue weighted by Gasteiger charge is 2.21. The molecule has 0 N–H and O–H groups in total. The third-order valence-corrected chi connectivity index (χ3v) is 3.23. The number of hydrogen-bond donors (Lipinski definition) is 0. The molecule has 0 unspecified atom stereocenters. The second-order valence-corrected chi connectivity index (χ2v) is 4.50. The van der Waals surface area contributed by atoms with Gasteiger partial charge >= 0.3 is 0 Å². The molecule has 0 aliphatic carbocycles. The van der Waals surface area contributed by atoms with Crippen LogP contribution in [0, 0.1) is 0 Å². The molecular formula is C14H19NO3. The third kappa shape index (κ3) is 3.15. The summed E-state index contributed by atoms with van der Waals surface area (Å²) in [6.45, 7) is 3.18. The number of nitrogens with zero attached hydrogens (tertiary/aromatic N) is 1. The van der Waals surface area contributed by atoms with E-state index in [2.05, 4.69) is 0 Å². The molecule has 1 aliphatic heterocycles. The summed E-state index contributed by atoms with van der Waals surface area (Å²) < 4.78 is 11.1. The average Bonchev–Trinajstić information content (AvgIpc) is 2.39. The Morgan fingerprint density at radius 1 is 1.28 bits per heavy atom. The first-order valence-electron chi connectivity index (χ1n) is 6.25. The Bertz CT molecular complexity index is 411. The molecule has 1 amide bonds. The molecule has 18 heavy (non-hydrogen) atoms. The second kappa shape index (κ2) is 5.76. The van der Waals surface area contributed by atoms with E-state index < -0.39 is 0 Å². The van der Waals surface area contributed by atoms with Gasteiger partial charge in [0.05, 0.1) is 7.11 Å². The molecule has 1 aromatic carbocycles. The zero-order chi connectivity index (χ0) is 13.0. The number of carbonyl (C=O) groups is 1. The number of rotatable bonds is 3. The van der Waals surface area contributed by atoms with Crippen molar-refractivity contribution < 1.29 is 14.3 Å². The fourth-order valence-electron chi connectivity index (χ4n) is 2.16. The summed E-state index contributed by atoms with van der Waals surface area (Å²) in [5, 5.41) is 0. The fourth-order valence-corrected chi connectivity index (χ4v) is 2.16. The van der Waals surface area contributed by atoms with E-state index in [0.717, 1.165) is 37.4 Å². The first-order chi connectivity index (χ1) is 8.69. The summed E-state index contributed by atoms with van der Waals surface area (Å²) in [4.78, 5) is 13.1. The Labute approximate surface area is 107 Å². The highest BCUT2D eigenvalue weighted by molar-refractivity contribution is 5.73. The van der Waals surface area contributed by atoms with Gasteiger partial charge in [-0.05, 0) is 12.1 Å². The fraction of sp³-hybridized carbons (Fsp3) is 0.500. The summed E-state index contributed by atoms with van der Waals surface area (Å²) >= 11 is 0. The number of piperidine rings is 1. The van der Waals surface area contributed by atoms with E-state index in [0.29, 0.717) is 0 Å². The quantitative estimate of drug-likeness (QED) is 0.823. The van der Waals surface area contributed by atoms with E-state index in [1.54, 1.807) is 14.0 Å². The van der Waals surface area contributed by atoms with Crippen molar-refractivity contribution >= 4 is 5.91 Å². The molecule has 1 saturated heterocycles. The van der Waals surface area contributed by atoms with Crippen molar-refractivity contribution in [1.29, 1.82) is 0 Å². The van der Waals surface area contributed by atoms with E-state index in [1.165, 1.54) is 0 Å². The molecule has 4 heteroatoms. The van der Waals surface area contributed by atoms with E-state index in [4.69, 9.17) is 9.47 Å². The van der Waals surface area contributed by atoms with E-state index in [9.17, 15) is 4.79 Å². The molecular weight excluding hydrogens is 230 g/mol. The minimum absolute atomic E-state index is 0.148. The Balaban J connectivity index is 1.89. The Kier molecular flexibility index (Phi) is 4.07. The second-order valence-electron chi connectivity index (χ2n) is 4.50. The normalized spacial score (nSPS) is 16.4. The summed E-state index contributed by atoms with van der Waals surface area (Å²) in [7, 11) is 1.64. The summed E-state index contributed by atoms with van der Waals surface area (Å²) in [5.74, 6) is 1.78. The standard InChI is InChI=1S/C14H19NO3/c1-11(16)15-8-6-12(7-9-15)18-14-5-3-4-13(10-14)17-2/h3-5,10,12H,6-9H2,1-2H3. The number of likely N-dealkylation sites (tertiary alicyclic amines) is 1. The van der Waals surface area contributed by atoms with Gasteiger partial charge in [0.15, 0.2) is 0 Å². The van der Waals surface area contributed by atoms with Crippen molar-refractivity contribution in [3.63, 3.8) is 0 Å². The van der Waals surface area contributed by atoms with Gasteiger partial charge in [-0.2, -0.15) is 0 Å². The third-order valence-electron chi connectivity index (χ3n) is 3.23. The van der Waals surface area contributed by atoms with Crippen LogP contribution in [-0.4, -0.2) is 37.1 Å². The van der Waals surface area contributed by atoms with Crippen LogP contribution in [0.15, 0.2) is 24.3 Å². The number of hydrogen-bond acceptors (Lipinski definition) is 3. The van der Waals surface area contributed by atoms with Gasteiger partial charge < -0.3 is 14.4 Å². The van der Waals surface area contributed by atoms with Gasteiger partial charge in [0.2, 0.25) is 5.91 Å². The van der Waals surface area contributed by atoms with Crippen molar-refractivity contribution in [2.45, 2.75) is 25.9 Å². The lowest BCUT2D eigenvalue weighted by atomic mass is 10.1. The zero-order valence-corrected chi connectivity index (χ0v) is 10.9. The van der Waals surface area contributed by atoms with Crippen LogP contribution in [0.4, 0.5) is 0 Å². The van der Waals surface area contributed by atoms with Crippen molar-refractivity contribution in [3.05, 3.63) is 24.3 Å². The van der Waals surface area contributed by atoms with Gasteiger partial charge in [-0.25, -0.2) is 0 Å². The van der Waals surface area contributed by atoms with Crippen LogP contribution in [0.25, 0.3) is 0 Å². The first-order valence-corrected chi connectivity index (χ1v) is 6.25. The molecule has 0 atom stereocenters. The lowest BCUT2D eigenvalue weighted by Crippen LogP contribution is -2.40. The van der Waals surface area contributed by atoms with Crippen molar-refractivity contribution in [2.24, 2.45) is 0 Å². The maximum absolute atomic E-state index is 11.2. The molecule has 1 heterocycles. The molecule has 0 saturated carbocycles. The van der Waals surface area contributed by atoms with Crippen LogP contribution in [0.1, 0.15) is 19.8 Å². The molecule has 1 fully saturated rings. The molecule has 98 valence electrons. The first kappa shape index (κ1) is 12.7. The number of amides is 1. The Morgan fingerprint density at radius 2 is 1.94 bits per heavy atom. The van der Waals surface area contributed by atoms with Crippen molar-refractivity contribution in [1.82, 2.24) is 4.90 Å². The van der Waals surface area contributed by atoms with Crippen LogP contribution in [0.5, 0.6) is 11.5 Å². The number of ether oxygens (including phenoxy) is 2. The van der Waals surface area contributed by atoms with Crippen LogP contribution in [0.3, 0.4) is 0 Å². The minimum Gasteiger partial charge on any atom is -0.497 e. The van der Waals surface area contributed by atoms with Crippen LogP contribution < -0.4 is 9.47 Å². The monoisotopic (exact) mass is 249 g/mol. The lowest BCUT2D eigenvalue weighted by Gasteiger charge is -2.31. The summed E-state index contributed by atoms with van der Waals surface area (Å²) in [6, 6.07) is 7.63. The molecule has 0 radical (unpaired) electrons.